The first-order chi connectivity index (χ1) is 13.4. The molecule has 11 heteroatoms. The summed E-state index contributed by atoms with van der Waals surface area (Å²) in [6.07, 6.45) is -3.66. The number of hydrogen-bond acceptors (Lipinski definition) is 5. The van der Waals surface area contributed by atoms with Gasteiger partial charge in [0.15, 0.2) is 11.7 Å². The Morgan fingerprint density at radius 2 is 2.07 bits per heavy atom. The van der Waals surface area contributed by atoms with Crippen LogP contribution < -0.4 is 15.4 Å². The first kappa shape index (κ1) is 25.4. The average Bonchev–Trinajstić information content (AvgIpc) is 3.13. The Kier molecular flexibility index (Phi) is 11.3. The Bertz CT molecular complexity index is 772. The molecule has 0 aliphatic heterocycles. The molecule has 0 aliphatic rings. The minimum atomic E-state index is -4.44. The predicted octanol–water partition coefficient (Wildman–Crippen LogP) is 4.77. The first-order valence-electron chi connectivity index (χ1n) is 8.71. The highest BCUT2D eigenvalue weighted by atomic mass is 127. The number of nitrogens with zero attached hydrogens (tertiary/aromatic N) is 2. The van der Waals surface area contributed by atoms with Crippen molar-refractivity contribution in [2.75, 3.05) is 32.2 Å². The maximum atomic E-state index is 12.6. The summed E-state index contributed by atoms with van der Waals surface area (Å²) in [6, 6.07) is 7.36. The van der Waals surface area contributed by atoms with Crippen molar-refractivity contribution in [3.8, 4) is 5.75 Å². The number of ether oxygens (including phenoxy) is 2. The summed E-state index contributed by atoms with van der Waals surface area (Å²) >= 11 is 0.934. The van der Waals surface area contributed by atoms with Gasteiger partial charge in [0.2, 0.25) is 0 Å². The smallest absolute Gasteiger partial charge is 0.434 e. The highest BCUT2D eigenvalue weighted by Gasteiger charge is 2.33. The van der Waals surface area contributed by atoms with Gasteiger partial charge in [0.1, 0.15) is 10.8 Å². The topological polar surface area (TPSA) is 67.8 Å². The molecule has 0 saturated carbocycles. The van der Waals surface area contributed by atoms with Crippen LogP contribution in [-0.4, -0.2) is 37.8 Å². The van der Waals surface area contributed by atoms with Crippen LogP contribution in [0, 0.1) is 0 Å². The van der Waals surface area contributed by atoms with Gasteiger partial charge < -0.3 is 20.1 Å². The molecule has 2 rings (SSSR count). The van der Waals surface area contributed by atoms with Gasteiger partial charge in [-0.05, 0) is 19.1 Å². The van der Waals surface area contributed by atoms with E-state index in [1.807, 2.05) is 31.2 Å². The van der Waals surface area contributed by atoms with E-state index in [0.29, 0.717) is 36.5 Å². The van der Waals surface area contributed by atoms with Crippen molar-refractivity contribution in [3.05, 3.63) is 40.3 Å². The van der Waals surface area contributed by atoms with Crippen LogP contribution in [0.2, 0.25) is 0 Å². The molecule has 2 N–H and O–H groups in total. The number of anilines is 1. The zero-order valence-corrected chi connectivity index (χ0v) is 19.2. The molecule has 1 aromatic heterocycles. The molecular formula is C18H24F3IN4O2S. The first-order valence-corrected chi connectivity index (χ1v) is 9.59. The fraction of sp³-hybridized carbons (Fsp3) is 0.444. The van der Waals surface area contributed by atoms with Crippen molar-refractivity contribution >= 4 is 47.0 Å². The molecule has 0 aliphatic carbocycles. The lowest BCUT2D eigenvalue weighted by Crippen LogP contribution is -2.30. The maximum Gasteiger partial charge on any atom is 0.434 e. The van der Waals surface area contributed by atoms with Crippen LogP contribution in [0.25, 0.3) is 0 Å². The zero-order valence-electron chi connectivity index (χ0n) is 16.1. The number of methoxy groups -OCH3 is 1. The number of guanidine groups is 1. The van der Waals surface area contributed by atoms with Crippen LogP contribution in [0.3, 0.4) is 0 Å². The molecule has 0 spiro atoms. The van der Waals surface area contributed by atoms with Crippen molar-refractivity contribution in [3.63, 3.8) is 0 Å². The zero-order chi connectivity index (χ0) is 20.4. The van der Waals surface area contributed by atoms with Crippen LogP contribution in [0.15, 0.2) is 34.6 Å². The van der Waals surface area contributed by atoms with E-state index in [0.717, 1.165) is 28.8 Å². The van der Waals surface area contributed by atoms with Gasteiger partial charge in [-0.1, -0.05) is 6.07 Å². The standard InChI is InChI=1S/C18H23F3N4O2S.HI/c1-3-22-17(23-11-16-25-15(12-28-16)18(19,20)21)24-13-6-4-7-14(10-13)27-9-5-8-26-2;/h4,6-7,10,12H,3,5,8-9,11H2,1-2H3,(H2,22,23,24);1H. The quantitative estimate of drug-likeness (QED) is 0.206. The number of aliphatic imine (C=N–C) groups is 1. The second-order valence-corrected chi connectivity index (χ2v) is 6.61. The summed E-state index contributed by atoms with van der Waals surface area (Å²) in [4.78, 5) is 7.89. The van der Waals surface area contributed by atoms with E-state index in [1.54, 1.807) is 7.11 Å². The van der Waals surface area contributed by atoms with Gasteiger partial charge in [0.05, 0.1) is 13.2 Å². The molecule has 1 aromatic carbocycles. The molecule has 2 aromatic rings. The third-order valence-electron chi connectivity index (χ3n) is 3.42. The molecule has 162 valence electrons. The van der Waals surface area contributed by atoms with Crippen LogP contribution in [0.5, 0.6) is 5.75 Å². The molecule has 0 amide bonds. The number of alkyl halides is 3. The molecule has 6 nitrogen and oxygen atoms in total. The highest BCUT2D eigenvalue weighted by molar-refractivity contribution is 14.0. The van der Waals surface area contributed by atoms with Crippen molar-refractivity contribution in [1.29, 1.82) is 0 Å². The van der Waals surface area contributed by atoms with Crippen LogP contribution in [0.4, 0.5) is 18.9 Å². The van der Waals surface area contributed by atoms with Crippen molar-refractivity contribution in [1.82, 2.24) is 10.3 Å². The van der Waals surface area contributed by atoms with Gasteiger partial charge in [0.25, 0.3) is 0 Å². The predicted molar refractivity (Wildman–Crippen MR) is 119 cm³/mol. The molecule has 1 heterocycles. The lowest BCUT2D eigenvalue weighted by Gasteiger charge is -2.12. The SMILES string of the molecule is CCNC(=NCc1nc(C(F)(F)F)cs1)Nc1cccc(OCCCOC)c1.I. The molecule has 0 atom stereocenters. The second-order valence-electron chi connectivity index (χ2n) is 5.67. The van der Waals surface area contributed by atoms with Gasteiger partial charge in [-0.15, -0.1) is 35.3 Å². The van der Waals surface area contributed by atoms with E-state index in [-0.39, 0.29) is 30.5 Å². The molecule has 0 radical (unpaired) electrons. The summed E-state index contributed by atoms with van der Waals surface area (Å²) in [5, 5.41) is 7.46. The second kappa shape index (κ2) is 12.9. The Hall–Kier alpha value is -1.60. The Morgan fingerprint density at radius 3 is 2.72 bits per heavy atom. The summed E-state index contributed by atoms with van der Waals surface area (Å²) in [5.41, 5.74) is -0.141. The molecular weight excluding hydrogens is 520 g/mol. The fourth-order valence-electron chi connectivity index (χ4n) is 2.16. The summed E-state index contributed by atoms with van der Waals surface area (Å²) in [6.45, 7) is 3.71. The Morgan fingerprint density at radius 1 is 1.28 bits per heavy atom. The maximum absolute atomic E-state index is 12.6. The molecule has 0 bridgehead atoms. The van der Waals surface area contributed by atoms with Gasteiger partial charge in [-0.25, -0.2) is 9.98 Å². The third kappa shape index (κ3) is 9.17. The molecule has 0 saturated heterocycles. The van der Waals surface area contributed by atoms with Crippen LogP contribution in [-0.2, 0) is 17.5 Å². The summed E-state index contributed by atoms with van der Waals surface area (Å²) in [7, 11) is 1.64. The average molecular weight is 544 g/mol. The van der Waals surface area contributed by atoms with Gasteiger partial charge in [-0.3, -0.25) is 0 Å². The number of nitrogens with one attached hydrogen (secondary N) is 2. The van der Waals surface area contributed by atoms with Crippen molar-refractivity contribution in [2.45, 2.75) is 26.1 Å². The number of halogens is 4. The fourth-order valence-corrected chi connectivity index (χ4v) is 2.89. The van der Waals surface area contributed by atoms with E-state index >= 15 is 0 Å². The molecule has 29 heavy (non-hydrogen) atoms. The molecule has 0 fully saturated rings. The lowest BCUT2D eigenvalue weighted by molar-refractivity contribution is -0.140. The van der Waals surface area contributed by atoms with Gasteiger partial charge >= 0.3 is 6.18 Å². The van der Waals surface area contributed by atoms with Gasteiger partial charge in [0, 0.05) is 43.8 Å². The monoisotopic (exact) mass is 544 g/mol. The number of thiazole rings is 1. The van der Waals surface area contributed by atoms with Crippen molar-refractivity contribution in [2.24, 2.45) is 4.99 Å². The Balaban J connectivity index is 0.00000420. The van der Waals surface area contributed by atoms with E-state index in [4.69, 9.17) is 9.47 Å². The third-order valence-corrected chi connectivity index (χ3v) is 4.25. The number of hydrogen-bond donors (Lipinski definition) is 2. The minimum absolute atomic E-state index is 0. The number of benzene rings is 1. The molecule has 0 unspecified atom stereocenters. The van der Waals surface area contributed by atoms with E-state index in [9.17, 15) is 13.2 Å². The lowest BCUT2D eigenvalue weighted by atomic mass is 10.3. The highest BCUT2D eigenvalue weighted by Crippen LogP contribution is 2.30. The summed E-state index contributed by atoms with van der Waals surface area (Å²) < 4.78 is 48.6. The van der Waals surface area contributed by atoms with Crippen molar-refractivity contribution < 1.29 is 22.6 Å². The minimum Gasteiger partial charge on any atom is -0.493 e. The number of aromatic nitrogens is 1. The largest absolute Gasteiger partial charge is 0.493 e. The normalized spacial score (nSPS) is 11.7. The number of rotatable bonds is 9. The van der Waals surface area contributed by atoms with E-state index in [2.05, 4.69) is 20.6 Å². The summed E-state index contributed by atoms with van der Waals surface area (Å²) in [5.74, 6) is 1.15. The van der Waals surface area contributed by atoms with Crippen LogP contribution in [0.1, 0.15) is 24.0 Å². The van der Waals surface area contributed by atoms with Crippen LogP contribution >= 0.6 is 35.3 Å². The van der Waals surface area contributed by atoms with Gasteiger partial charge in [-0.2, -0.15) is 13.2 Å². The van der Waals surface area contributed by atoms with E-state index < -0.39 is 11.9 Å². The Labute approximate surface area is 188 Å². The van der Waals surface area contributed by atoms with E-state index in [1.165, 1.54) is 0 Å².